The fourth-order valence-corrected chi connectivity index (χ4v) is 3.44. The maximum absolute atomic E-state index is 12.2. The van der Waals surface area contributed by atoms with Crippen molar-refractivity contribution in [3.05, 3.63) is 77.0 Å². The Morgan fingerprint density at radius 1 is 1.00 bits per heavy atom. The molecule has 6 heteroatoms. The van der Waals surface area contributed by atoms with Crippen LogP contribution in [0.4, 0.5) is 0 Å². The number of nitrogens with zero attached hydrogens (tertiary/aromatic N) is 1. The van der Waals surface area contributed by atoms with Gasteiger partial charge in [-0.3, -0.25) is 20.2 Å². The van der Waals surface area contributed by atoms with Crippen molar-refractivity contribution in [2.24, 2.45) is 0 Å². The highest BCUT2D eigenvalue weighted by atomic mass is 32.1. The fourth-order valence-electron chi connectivity index (χ4n) is 3.25. The lowest BCUT2D eigenvalue weighted by Crippen LogP contribution is -2.51. The largest absolute Gasteiger partial charge is 0.342 e. The summed E-state index contributed by atoms with van der Waals surface area (Å²) in [6, 6.07) is 16.2. The third-order valence-electron chi connectivity index (χ3n) is 4.66. The van der Waals surface area contributed by atoms with Crippen LogP contribution in [0.3, 0.4) is 0 Å². The van der Waals surface area contributed by atoms with E-state index in [-0.39, 0.29) is 10.7 Å². The zero-order chi connectivity index (χ0) is 19.0. The average molecular weight is 375 g/mol. The zero-order valence-corrected chi connectivity index (χ0v) is 15.5. The summed E-state index contributed by atoms with van der Waals surface area (Å²) in [7, 11) is 0. The topological polar surface area (TPSA) is 63.1 Å². The standard InChI is InChI=1S/C21H17N3O2S/c1-13-6-2-3-7-14(13)11-24-12-15(16-8-4-5-9-18(16)24)10-17-19(25)22-21(27)23-20(17)26/h2-10,12H,11H2,1H3,(H2,22,23,25,26,27). The second-order valence-corrected chi connectivity index (χ2v) is 6.86. The highest BCUT2D eigenvalue weighted by Gasteiger charge is 2.26. The van der Waals surface area contributed by atoms with Gasteiger partial charge in [-0.1, -0.05) is 42.5 Å². The molecule has 2 aromatic carbocycles. The normalized spacial score (nSPS) is 14.3. The lowest BCUT2D eigenvalue weighted by Gasteiger charge is -2.16. The van der Waals surface area contributed by atoms with E-state index < -0.39 is 11.8 Å². The van der Waals surface area contributed by atoms with E-state index in [2.05, 4.69) is 34.3 Å². The Labute approximate surface area is 161 Å². The summed E-state index contributed by atoms with van der Waals surface area (Å²) in [4.78, 5) is 24.3. The summed E-state index contributed by atoms with van der Waals surface area (Å²) in [5, 5.41) is 5.95. The molecule has 0 radical (unpaired) electrons. The number of para-hydroxylation sites is 1. The van der Waals surface area contributed by atoms with Crippen LogP contribution in [0.25, 0.3) is 17.0 Å². The van der Waals surface area contributed by atoms with Crippen molar-refractivity contribution >= 4 is 46.1 Å². The van der Waals surface area contributed by atoms with Crippen molar-refractivity contribution in [2.45, 2.75) is 13.5 Å². The number of thiocarbonyl (C=S) groups is 1. The van der Waals surface area contributed by atoms with E-state index >= 15 is 0 Å². The van der Waals surface area contributed by atoms with E-state index in [1.54, 1.807) is 6.08 Å². The van der Waals surface area contributed by atoms with E-state index in [0.29, 0.717) is 6.54 Å². The molecule has 1 saturated heterocycles. The summed E-state index contributed by atoms with van der Waals surface area (Å²) in [5.74, 6) is -0.973. The molecule has 2 N–H and O–H groups in total. The van der Waals surface area contributed by atoms with E-state index in [9.17, 15) is 9.59 Å². The number of aromatic nitrogens is 1. The summed E-state index contributed by atoms with van der Waals surface area (Å²) in [5.41, 5.74) is 4.33. The Kier molecular flexibility index (Phi) is 4.33. The van der Waals surface area contributed by atoms with Gasteiger partial charge in [0.2, 0.25) is 0 Å². The van der Waals surface area contributed by atoms with Crippen LogP contribution in [0.2, 0.25) is 0 Å². The van der Waals surface area contributed by atoms with Crippen LogP contribution in [-0.2, 0) is 16.1 Å². The first kappa shape index (κ1) is 17.2. The van der Waals surface area contributed by atoms with Crippen LogP contribution in [0.1, 0.15) is 16.7 Å². The summed E-state index contributed by atoms with van der Waals surface area (Å²) < 4.78 is 2.13. The molecule has 2 heterocycles. The Morgan fingerprint density at radius 3 is 2.41 bits per heavy atom. The molecule has 27 heavy (non-hydrogen) atoms. The van der Waals surface area contributed by atoms with Gasteiger partial charge in [0.25, 0.3) is 11.8 Å². The average Bonchev–Trinajstić information content (AvgIpc) is 2.98. The van der Waals surface area contributed by atoms with E-state index in [0.717, 1.165) is 16.5 Å². The number of amides is 2. The Hall–Kier alpha value is -3.25. The van der Waals surface area contributed by atoms with Crippen molar-refractivity contribution in [1.29, 1.82) is 0 Å². The second-order valence-electron chi connectivity index (χ2n) is 6.45. The number of carbonyl (C=O) groups is 2. The molecular formula is C21H17N3O2S. The number of rotatable bonds is 3. The van der Waals surface area contributed by atoms with Crippen LogP contribution in [0.15, 0.2) is 60.3 Å². The van der Waals surface area contributed by atoms with Crippen LogP contribution < -0.4 is 10.6 Å². The number of hydrogen-bond acceptors (Lipinski definition) is 3. The van der Waals surface area contributed by atoms with Crippen LogP contribution in [0, 0.1) is 6.92 Å². The molecule has 3 aromatic rings. The second kappa shape index (κ2) is 6.81. The molecule has 0 bridgehead atoms. The van der Waals surface area contributed by atoms with Gasteiger partial charge in [0.05, 0.1) is 0 Å². The Balaban J connectivity index is 1.80. The van der Waals surface area contributed by atoms with Gasteiger partial charge in [-0.2, -0.15) is 0 Å². The molecule has 1 aromatic heterocycles. The minimum atomic E-state index is -0.487. The number of nitrogens with one attached hydrogen (secondary N) is 2. The molecular weight excluding hydrogens is 358 g/mol. The third-order valence-corrected chi connectivity index (χ3v) is 4.87. The predicted octanol–water partition coefficient (Wildman–Crippen LogP) is 2.91. The van der Waals surface area contributed by atoms with Gasteiger partial charge >= 0.3 is 0 Å². The van der Waals surface area contributed by atoms with Gasteiger partial charge in [0.1, 0.15) is 5.57 Å². The van der Waals surface area contributed by atoms with Crippen LogP contribution >= 0.6 is 12.2 Å². The van der Waals surface area contributed by atoms with Crippen molar-refractivity contribution in [3.63, 3.8) is 0 Å². The molecule has 0 atom stereocenters. The zero-order valence-electron chi connectivity index (χ0n) is 14.7. The highest BCUT2D eigenvalue weighted by Crippen LogP contribution is 2.25. The van der Waals surface area contributed by atoms with Gasteiger partial charge in [0, 0.05) is 29.2 Å². The molecule has 134 valence electrons. The van der Waals surface area contributed by atoms with Gasteiger partial charge in [0.15, 0.2) is 5.11 Å². The first-order chi connectivity index (χ1) is 13.0. The third kappa shape index (κ3) is 3.27. The van der Waals surface area contributed by atoms with Crippen LogP contribution in [-0.4, -0.2) is 21.5 Å². The lowest BCUT2D eigenvalue weighted by molar-refractivity contribution is -0.123. The van der Waals surface area contributed by atoms with Crippen molar-refractivity contribution in [3.8, 4) is 0 Å². The summed E-state index contributed by atoms with van der Waals surface area (Å²) >= 11 is 4.85. The number of hydrogen-bond donors (Lipinski definition) is 2. The number of fused-ring (bicyclic) bond motifs is 1. The van der Waals surface area contributed by atoms with Crippen LogP contribution in [0.5, 0.6) is 0 Å². The van der Waals surface area contributed by atoms with Gasteiger partial charge < -0.3 is 4.57 Å². The summed E-state index contributed by atoms with van der Waals surface area (Å²) in [6.07, 6.45) is 3.58. The SMILES string of the molecule is Cc1ccccc1Cn1cc(C=C2C(=O)NC(=S)NC2=O)c2ccccc21. The quantitative estimate of drug-likeness (QED) is 0.420. The highest BCUT2D eigenvalue weighted by molar-refractivity contribution is 7.80. The lowest BCUT2D eigenvalue weighted by atomic mass is 10.1. The maximum atomic E-state index is 12.2. The molecule has 0 aliphatic carbocycles. The minimum absolute atomic E-state index is 0.0316. The first-order valence-electron chi connectivity index (χ1n) is 8.53. The summed E-state index contributed by atoms with van der Waals surface area (Å²) in [6.45, 7) is 2.79. The molecule has 4 rings (SSSR count). The molecule has 0 unspecified atom stereocenters. The van der Waals surface area contributed by atoms with Gasteiger partial charge in [-0.15, -0.1) is 0 Å². The van der Waals surface area contributed by atoms with E-state index in [1.807, 2.05) is 42.6 Å². The fraction of sp³-hybridized carbons (Fsp3) is 0.0952. The first-order valence-corrected chi connectivity index (χ1v) is 8.94. The van der Waals surface area contributed by atoms with Gasteiger partial charge in [-0.25, -0.2) is 0 Å². The number of benzene rings is 2. The van der Waals surface area contributed by atoms with Crippen molar-refractivity contribution in [1.82, 2.24) is 15.2 Å². The molecule has 2 amide bonds. The molecule has 1 aliphatic heterocycles. The van der Waals surface area contributed by atoms with Crippen molar-refractivity contribution in [2.75, 3.05) is 0 Å². The van der Waals surface area contributed by atoms with E-state index in [4.69, 9.17) is 12.2 Å². The number of aryl methyl sites for hydroxylation is 1. The predicted molar refractivity (Wildman–Crippen MR) is 109 cm³/mol. The van der Waals surface area contributed by atoms with E-state index in [1.165, 1.54) is 11.1 Å². The Bertz CT molecular complexity index is 1110. The molecule has 0 spiro atoms. The molecule has 0 saturated carbocycles. The van der Waals surface area contributed by atoms with Crippen molar-refractivity contribution < 1.29 is 9.59 Å². The van der Waals surface area contributed by atoms with Gasteiger partial charge in [-0.05, 0) is 42.4 Å². The Morgan fingerprint density at radius 2 is 1.67 bits per heavy atom. The maximum Gasteiger partial charge on any atom is 0.263 e. The minimum Gasteiger partial charge on any atom is -0.342 e. The molecule has 1 aliphatic rings. The number of carbonyl (C=O) groups excluding carboxylic acids is 2. The molecule has 5 nitrogen and oxygen atoms in total. The smallest absolute Gasteiger partial charge is 0.263 e. The molecule has 1 fully saturated rings. The monoisotopic (exact) mass is 375 g/mol.